The second kappa shape index (κ2) is 17.4. The third-order valence-corrected chi connectivity index (χ3v) is 8.93. The summed E-state index contributed by atoms with van der Waals surface area (Å²) in [5.74, 6) is 2.07. The van der Waals surface area contributed by atoms with Crippen LogP contribution in [0.15, 0.2) is 114 Å². The van der Waals surface area contributed by atoms with Crippen molar-refractivity contribution in [3.8, 4) is 22.6 Å². The van der Waals surface area contributed by atoms with E-state index in [1.807, 2.05) is 48.7 Å². The molecular weight excluding hydrogens is 651 g/mol. The second-order valence-electron chi connectivity index (χ2n) is 13.4. The first kappa shape index (κ1) is 35.9. The molecule has 5 aromatic carbocycles. The molecule has 1 amide bonds. The largest absolute Gasteiger partial charge is 0.493 e. The SMILES string of the molecule is CC(C)CCOc1ccc2ccccc2c1-c1c(OCc2cn(C[C@@H](CCCN=C(N)N)NC(=O)Cc3ccccc3)nn2)ccc2ccccc12. The number of carbonyl (C=O) groups excluding carboxylic acids is 1. The van der Waals surface area contributed by atoms with E-state index < -0.39 is 0 Å². The van der Waals surface area contributed by atoms with E-state index in [9.17, 15) is 4.79 Å². The Bertz CT molecular complexity index is 2120. The lowest BCUT2D eigenvalue weighted by Gasteiger charge is -2.20. The van der Waals surface area contributed by atoms with Crippen molar-refractivity contribution < 1.29 is 14.3 Å². The average Bonchev–Trinajstić information content (AvgIpc) is 3.59. The predicted octanol–water partition coefficient (Wildman–Crippen LogP) is 7.04. The van der Waals surface area contributed by atoms with Gasteiger partial charge in [-0.1, -0.05) is 110 Å². The van der Waals surface area contributed by atoms with Crippen LogP contribution in [-0.2, 0) is 24.4 Å². The maximum Gasteiger partial charge on any atom is 0.224 e. The third kappa shape index (κ3) is 9.45. The van der Waals surface area contributed by atoms with Crippen molar-refractivity contribution in [2.24, 2.45) is 22.4 Å². The smallest absolute Gasteiger partial charge is 0.224 e. The Kier molecular flexibility index (Phi) is 12.0. The summed E-state index contributed by atoms with van der Waals surface area (Å²) in [5, 5.41) is 16.4. The Labute approximate surface area is 304 Å². The quantitative estimate of drug-likeness (QED) is 0.0527. The molecule has 1 heterocycles. The fraction of sp³-hybridized carbons (Fsp3) is 0.286. The number of guanidine groups is 1. The minimum atomic E-state index is -0.201. The van der Waals surface area contributed by atoms with Gasteiger partial charge in [-0.15, -0.1) is 5.10 Å². The van der Waals surface area contributed by atoms with Crippen LogP contribution in [0.1, 0.15) is 44.4 Å². The fourth-order valence-electron chi connectivity index (χ4n) is 6.35. The number of hydrogen-bond acceptors (Lipinski definition) is 6. The Morgan fingerprint density at radius 2 is 1.44 bits per heavy atom. The van der Waals surface area contributed by atoms with Gasteiger partial charge < -0.3 is 26.3 Å². The molecule has 0 bridgehead atoms. The van der Waals surface area contributed by atoms with Crippen LogP contribution in [0.4, 0.5) is 0 Å². The zero-order valence-corrected chi connectivity index (χ0v) is 29.9. The molecule has 0 saturated carbocycles. The third-order valence-electron chi connectivity index (χ3n) is 8.93. The van der Waals surface area contributed by atoms with Crippen LogP contribution >= 0.6 is 0 Å². The van der Waals surface area contributed by atoms with Crippen LogP contribution in [0, 0.1) is 5.92 Å². The first-order valence-electron chi connectivity index (χ1n) is 17.9. The summed E-state index contributed by atoms with van der Waals surface area (Å²) in [4.78, 5) is 17.1. The van der Waals surface area contributed by atoms with E-state index in [-0.39, 0.29) is 30.9 Å². The van der Waals surface area contributed by atoms with Gasteiger partial charge in [-0.2, -0.15) is 0 Å². The number of aromatic nitrogens is 3. The van der Waals surface area contributed by atoms with E-state index in [0.717, 1.165) is 56.2 Å². The number of aliphatic imine (C=N–C) groups is 1. The van der Waals surface area contributed by atoms with Gasteiger partial charge in [-0.3, -0.25) is 14.5 Å². The normalized spacial score (nSPS) is 11.8. The van der Waals surface area contributed by atoms with Gasteiger partial charge in [0.1, 0.15) is 23.8 Å². The van der Waals surface area contributed by atoms with Crippen LogP contribution in [0.25, 0.3) is 32.7 Å². The number of nitrogens with two attached hydrogens (primary N) is 2. The van der Waals surface area contributed by atoms with Gasteiger partial charge in [0.25, 0.3) is 0 Å². The molecule has 268 valence electrons. The van der Waals surface area contributed by atoms with E-state index in [4.69, 9.17) is 20.9 Å². The summed E-state index contributed by atoms with van der Waals surface area (Å²) >= 11 is 0. The lowest BCUT2D eigenvalue weighted by Crippen LogP contribution is -2.39. The number of fused-ring (bicyclic) bond motifs is 2. The number of nitrogens with one attached hydrogen (secondary N) is 1. The van der Waals surface area contributed by atoms with Gasteiger partial charge in [0, 0.05) is 23.7 Å². The summed E-state index contributed by atoms with van der Waals surface area (Å²) in [6.45, 7) is 6.14. The highest BCUT2D eigenvalue weighted by atomic mass is 16.5. The molecule has 10 nitrogen and oxygen atoms in total. The van der Waals surface area contributed by atoms with E-state index in [2.05, 4.69) is 95.1 Å². The molecule has 0 aliphatic carbocycles. The molecule has 0 fully saturated rings. The van der Waals surface area contributed by atoms with Crippen molar-refractivity contribution in [1.82, 2.24) is 20.3 Å². The number of ether oxygens (including phenoxy) is 2. The van der Waals surface area contributed by atoms with E-state index >= 15 is 0 Å². The van der Waals surface area contributed by atoms with Gasteiger partial charge in [-0.25, -0.2) is 0 Å². The number of benzene rings is 5. The summed E-state index contributed by atoms with van der Waals surface area (Å²) in [6, 6.07) is 34.5. The molecule has 5 N–H and O–H groups in total. The van der Waals surface area contributed by atoms with Crippen molar-refractivity contribution in [2.75, 3.05) is 13.2 Å². The summed E-state index contributed by atoms with van der Waals surface area (Å²) in [6.07, 6.45) is 4.47. The number of nitrogens with zero attached hydrogens (tertiary/aromatic N) is 4. The van der Waals surface area contributed by atoms with Gasteiger partial charge in [0.2, 0.25) is 5.91 Å². The Hall–Kier alpha value is -5.90. The zero-order valence-electron chi connectivity index (χ0n) is 29.9. The fourth-order valence-corrected chi connectivity index (χ4v) is 6.35. The summed E-state index contributed by atoms with van der Waals surface area (Å²) in [5.41, 5.74) is 14.6. The van der Waals surface area contributed by atoms with Crippen LogP contribution in [0.3, 0.4) is 0 Å². The Morgan fingerprint density at radius 1 is 0.808 bits per heavy atom. The number of amides is 1. The van der Waals surface area contributed by atoms with Gasteiger partial charge >= 0.3 is 0 Å². The maximum atomic E-state index is 13.0. The predicted molar refractivity (Wildman–Crippen MR) is 208 cm³/mol. The Balaban J connectivity index is 1.24. The molecule has 1 atom stereocenters. The van der Waals surface area contributed by atoms with E-state index in [0.29, 0.717) is 44.1 Å². The van der Waals surface area contributed by atoms with Crippen LogP contribution < -0.4 is 26.3 Å². The van der Waals surface area contributed by atoms with E-state index in [1.54, 1.807) is 4.68 Å². The maximum absolute atomic E-state index is 13.0. The van der Waals surface area contributed by atoms with Crippen LogP contribution in [0.2, 0.25) is 0 Å². The van der Waals surface area contributed by atoms with Gasteiger partial charge in [-0.05, 0) is 64.4 Å². The van der Waals surface area contributed by atoms with E-state index in [1.165, 1.54) is 0 Å². The number of rotatable bonds is 17. The minimum Gasteiger partial charge on any atom is -0.493 e. The first-order chi connectivity index (χ1) is 25.3. The van der Waals surface area contributed by atoms with Crippen molar-refractivity contribution >= 4 is 33.4 Å². The van der Waals surface area contributed by atoms with Gasteiger partial charge in [0.15, 0.2) is 5.96 Å². The lowest BCUT2D eigenvalue weighted by atomic mass is 9.92. The average molecular weight is 698 g/mol. The van der Waals surface area contributed by atoms with Crippen LogP contribution in [-0.4, -0.2) is 46.1 Å². The van der Waals surface area contributed by atoms with Crippen molar-refractivity contribution in [3.05, 3.63) is 121 Å². The molecule has 10 heteroatoms. The molecular formula is C42H47N7O3. The molecule has 0 aliphatic rings. The molecule has 0 unspecified atom stereocenters. The van der Waals surface area contributed by atoms with Crippen molar-refractivity contribution in [3.63, 3.8) is 0 Å². The molecule has 6 aromatic rings. The summed E-state index contributed by atoms with van der Waals surface area (Å²) in [7, 11) is 0. The molecule has 0 saturated heterocycles. The molecule has 52 heavy (non-hydrogen) atoms. The minimum absolute atomic E-state index is 0.0514. The molecule has 6 rings (SSSR count). The highest BCUT2D eigenvalue weighted by Crippen LogP contribution is 2.45. The number of carbonyl (C=O) groups is 1. The van der Waals surface area contributed by atoms with Crippen molar-refractivity contribution in [1.29, 1.82) is 0 Å². The summed E-state index contributed by atoms with van der Waals surface area (Å²) < 4.78 is 14.8. The highest BCUT2D eigenvalue weighted by molar-refractivity contribution is 6.09. The highest BCUT2D eigenvalue weighted by Gasteiger charge is 2.20. The molecule has 0 radical (unpaired) electrons. The lowest BCUT2D eigenvalue weighted by molar-refractivity contribution is -0.121. The monoisotopic (exact) mass is 697 g/mol. The first-order valence-corrected chi connectivity index (χ1v) is 17.9. The molecule has 1 aromatic heterocycles. The van der Waals surface area contributed by atoms with Crippen molar-refractivity contribution in [2.45, 2.75) is 58.7 Å². The molecule has 0 spiro atoms. The zero-order chi connectivity index (χ0) is 36.3. The van der Waals surface area contributed by atoms with Crippen LogP contribution in [0.5, 0.6) is 11.5 Å². The van der Waals surface area contributed by atoms with Gasteiger partial charge in [0.05, 0.1) is 25.8 Å². The number of hydrogen-bond donors (Lipinski definition) is 3. The topological polar surface area (TPSA) is 143 Å². The standard InChI is InChI=1S/C42H47N7O3/c1-29(2)22-24-51-37-20-18-31-13-6-8-16-35(31)40(37)41-36-17-9-7-14-32(36)19-21-38(41)52-28-34-27-49(48-47-34)26-33(15-10-23-45-42(43)44)46-39(50)25-30-11-4-3-5-12-30/h3-9,11-14,16-21,27,29,33H,10,15,22-26,28H2,1-2H3,(H,46,50)(H4,43,44,45)/t33-/m1/s1. The second-order valence-corrected chi connectivity index (χ2v) is 13.4. The Morgan fingerprint density at radius 3 is 2.10 bits per heavy atom. The molecule has 0 aliphatic heterocycles.